The van der Waals surface area contributed by atoms with E-state index in [4.69, 9.17) is 14.5 Å². The van der Waals surface area contributed by atoms with Gasteiger partial charge in [0.05, 0.1) is 6.10 Å². The second-order valence-corrected chi connectivity index (χ2v) is 10.5. The summed E-state index contributed by atoms with van der Waals surface area (Å²) >= 11 is 0. The second-order valence-electron chi connectivity index (χ2n) is 10.5. The number of carbonyl (C=O) groups is 1. The summed E-state index contributed by atoms with van der Waals surface area (Å²) in [5.41, 5.74) is 3.58. The van der Waals surface area contributed by atoms with Gasteiger partial charge in [-0.3, -0.25) is 9.69 Å². The highest BCUT2D eigenvalue weighted by atomic mass is 19.1. The van der Waals surface area contributed by atoms with Gasteiger partial charge in [-0.1, -0.05) is 24.6 Å². The number of nitrogens with zero attached hydrogens (tertiary/aromatic N) is 2. The Hall–Kier alpha value is -2.55. The number of carboxylic acids is 1. The zero-order valence-electron chi connectivity index (χ0n) is 21.5. The van der Waals surface area contributed by atoms with Crippen molar-refractivity contribution in [3.05, 3.63) is 58.5 Å². The van der Waals surface area contributed by atoms with E-state index in [-0.39, 0.29) is 17.8 Å². The number of rotatable bonds is 11. The van der Waals surface area contributed by atoms with E-state index in [9.17, 15) is 14.3 Å². The molecule has 0 aliphatic carbocycles. The van der Waals surface area contributed by atoms with Crippen molar-refractivity contribution < 1.29 is 23.8 Å². The third kappa shape index (κ3) is 6.30. The Morgan fingerprint density at radius 1 is 1.19 bits per heavy atom. The first-order chi connectivity index (χ1) is 18.1. The van der Waals surface area contributed by atoms with Crippen molar-refractivity contribution in [2.75, 3.05) is 44.8 Å². The van der Waals surface area contributed by atoms with Crippen LogP contribution in [0.1, 0.15) is 72.9 Å². The number of carboxylic acid groups (broad SMARTS) is 1. The summed E-state index contributed by atoms with van der Waals surface area (Å²) in [6.45, 7) is 3.93. The molecule has 4 heterocycles. The van der Waals surface area contributed by atoms with Crippen molar-refractivity contribution in [1.29, 1.82) is 0 Å². The molecule has 3 aliphatic heterocycles. The number of anilines is 1. The standard InChI is InChI=1S/C29H38FN3O4/c30-25-9-4-8-24(26(25)20-12-16-36-17-13-20)27(29(34)35)33-18-23(19-33)37-15-3-1-2-7-22-11-10-21-6-5-14-31-28(21)32-22/h4,8-11,20,23,27H,1-3,5-7,12-19H2,(H,31,32)(H,34,35). The van der Waals surface area contributed by atoms with Crippen LogP contribution < -0.4 is 5.32 Å². The summed E-state index contributed by atoms with van der Waals surface area (Å²) in [7, 11) is 0. The minimum Gasteiger partial charge on any atom is -0.480 e. The lowest BCUT2D eigenvalue weighted by atomic mass is 9.84. The molecular formula is C29H38FN3O4. The number of fused-ring (bicyclic) bond motifs is 1. The van der Waals surface area contributed by atoms with Gasteiger partial charge in [0.1, 0.15) is 17.7 Å². The Bertz CT molecular complexity index is 1070. The van der Waals surface area contributed by atoms with Gasteiger partial charge in [-0.25, -0.2) is 9.37 Å². The van der Waals surface area contributed by atoms with Gasteiger partial charge in [0.15, 0.2) is 0 Å². The zero-order valence-corrected chi connectivity index (χ0v) is 21.5. The topological polar surface area (TPSA) is 83.9 Å². The Kier molecular flexibility index (Phi) is 8.69. The van der Waals surface area contributed by atoms with Crippen LogP contribution in [0.15, 0.2) is 30.3 Å². The third-order valence-corrected chi connectivity index (χ3v) is 7.87. The van der Waals surface area contributed by atoms with Crippen LogP contribution in [0, 0.1) is 5.82 Å². The van der Waals surface area contributed by atoms with Crippen molar-refractivity contribution in [3.8, 4) is 0 Å². The SMILES string of the molecule is O=C(O)C(c1cccc(F)c1C1CCOCC1)N1CC(OCCCCCc2ccc3c(n2)NCCC3)C1. The van der Waals surface area contributed by atoms with Crippen LogP contribution in [0.25, 0.3) is 0 Å². The van der Waals surface area contributed by atoms with Crippen LogP contribution in [0.4, 0.5) is 10.2 Å². The van der Waals surface area contributed by atoms with Crippen molar-refractivity contribution in [2.45, 2.75) is 69.4 Å². The molecule has 2 aromatic rings. The molecule has 0 radical (unpaired) electrons. The molecule has 3 aliphatic rings. The van der Waals surface area contributed by atoms with Crippen LogP contribution in [0.3, 0.4) is 0 Å². The number of unbranched alkanes of at least 4 members (excludes halogenated alkanes) is 2. The maximum Gasteiger partial charge on any atom is 0.325 e. The van der Waals surface area contributed by atoms with E-state index in [2.05, 4.69) is 17.4 Å². The van der Waals surface area contributed by atoms with Gasteiger partial charge >= 0.3 is 5.97 Å². The summed E-state index contributed by atoms with van der Waals surface area (Å²) in [6, 6.07) is 8.33. The number of aliphatic carboxylic acids is 1. The molecule has 2 N–H and O–H groups in total. The van der Waals surface area contributed by atoms with Crippen LogP contribution in [-0.4, -0.2) is 66.5 Å². The van der Waals surface area contributed by atoms with Gasteiger partial charge in [-0.2, -0.15) is 0 Å². The van der Waals surface area contributed by atoms with Crippen LogP contribution in [0.5, 0.6) is 0 Å². The first-order valence-corrected chi connectivity index (χ1v) is 13.8. The third-order valence-electron chi connectivity index (χ3n) is 7.87. The summed E-state index contributed by atoms with van der Waals surface area (Å²) in [5.74, 6) is -0.207. The molecule has 2 fully saturated rings. The average Bonchev–Trinajstić information content (AvgIpc) is 2.89. The van der Waals surface area contributed by atoms with E-state index in [1.807, 2.05) is 4.90 Å². The molecule has 8 heteroatoms. The normalized spacial score (nSPS) is 19.6. The Balaban J connectivity index is 1.06. The Morgan fingerprint density at radius 3 is 2.84 bits per heavy atom. The molecule has 1 unspecified atom stereocenters. The molecule has 0 bridgehead atoms. The zero-order chi connectivity index (χ0) is 25.6. The largest absolute Gasteiger partial charge is 0.480 e. The van der Waals surface area contributed by atoms with Gasteiger partial charge in [0.25, 0.3) is 0 Å². The lowest BCUT2D eigenvalue weighted by Crippen LogP contribution is -2.55. The van der Waals surface area contributed by atoms with Gasteiger partial charge in [-0.15, -0.1) is 0 Å². The molecule has 0 saturated carbocycles. The van der Waals surface area contributed by atoms with Crippen LogP contribution in [-0.2, 0) is 27.1 Å². The molecule has 2 saturated heterocycles. The fourth-order valence-electron chi connectivity index (χ4n) is 5.82. The highest BCUT2D eigenvalue weighted by Crippen LogP contribution is 2.38. The fourth-order valence-corrected chi connectivity index (χ4v) is 5.82. The number of hydrogen-bond acceptors (Lipinski definition) is 6. The van der Waals surface area contributed by atoms with Crippen LogP contribution in [0.2, 0.25) is 0 Å². The van der Waals surface area contributed by atoms with E-state index < -0.39 is 12.0 Å². The molecule has 7 nitrogen and oxygen atoms in total. The van der Waals surface area contributed by atoms with E-state index in [0.29, 0.717) is 56.9 Å². The number of hydrogen-bond donors (Lipinski definition) is 2. The quantitative estimate of drug-likeness (QED) is 0.423. The van der Waals surface area contributed by atoms with Gasteiger partial charge in [-0.05, 0) is 79.7 Å². The lowest BCUT2D eigenvalue weighted by Gasteiger charge is -2.43. The minimum atomic E-state index is -0.941. The molecule has 1 atom stereocenters. The molecule has 5 rings (SSSR count). The monoisotopic (exact) mass is 511 g/mol. The fraction of sp³-hybridized carbons (Fsp3) is 0.586. The van der Waals surface area contributed by atoms with Crippen molar-refractivity contribution in [2.24, 2.45) is 0 Å². The Labute approximate surface area is 218 Å². The number of nitrogens with one attached hydrogen (secondary N) is 1. The van der Waals surface area contributed by atoms with E-state index in [1.54, 1.807) is 12.1 Å². The molecule has 200 valence electrons. The first-order valence-electron chi connectivity index (χ1n) is 13.8. The molecule has 0 amide bonds. The molecular weight excluding hydrogens is 473 g/mol. The maximum absolute atomic E-state index is 14.9. The van der Waals surface area contributed by atoms with Crippen molar-refractivity contribution in [3.63, 3.8) is 0 Å². The Morgan fingerprint density at radius 2 is 2.03 bits per heavy atom. The molecule has 1 aromatic carbocycles. The summed E-state index contributed by atoms with van der Waals surface area (Å²) in [5, 5.41) is 13.5. The predicted octanol–water partition coefficient (Wildman–Crippen LogP) is 4.71. The molecule has 0 spiro atoms. The number of likely N-dealkylation sites (tertiary alicyclic amines) is 1. The lowest BCUT2D eigenvalue weighted by molar-refractivity contribution is -0.151. The number of ether oxygens (including phenoxy) is 2. The number of pyridine rings is 1. The summed E-state index contributed by atoms with van der Waals surface area (Å²) < 4.78 is 26.3. The van der Waals surface area contributed by atoms with Crippen molar-refractivity contribution >= 4 is 11.8 Å². The minimum absolute atomic E-state index is 0.00658. The highest BCUT2D eigenvalue weighted by Gasteiger charge is 2.40. The summed E-state index contributed by atoms with van der Waals surface area (Å²) in [6.07, 6.45) is 7.81. The first kappa shape index (κ1) is 26.1. The van der Waals surface area contributed by atoms with E-state index in [0.717, 1.165) is 50.2 Å². The summed E-state index contributed by atoms with van der Waals surface area (Å²) in [4.78, 5) is 18.9. The number of benzene rings is 1. The van der Waals surface area contributed by atoms with E-state index in [1.165, 1.54) is 18.1 Å². The van der Waals surface area contributed by atoms with E-state index >= 15 is 0 Å². The maximum atomic E-state index is 14.9. The van der Waals surface area contributed by atoms with Crippen LogP contribution >= 0.6 is 0 Å². The molecule has 1 aromatic heterocycles. The second kappa shape index (κ2) is 12.3. The van der Waals surface area contributed by atoms with Gasteiger partial charge < -0.3 is 19.9 Å². The smallest absolute Gasteiger partial charge is 0.325 e. The number of aromatic nitrogens is 1. The molecule has 37 heavy (non-hydrogen) atoms. The van der Waals surface area contributed by atoms with Gasteiger partial charge in [0, 0.05) is 45.1 Å². The highest BCUT2D eigenvalue weighted by molar-refractivity contribution is 5.76. The van der Waals surface area contributed by atoms with Gasteiger partial charge in [0.2, 0.25) is 0 Å². The number of aryl methyl sites for hydroxylation is 2. The van der Waals surface area contributed by atoms with Crippen molar-refractivity contribution in [1.82, 2.24) is 9.88 Å². The predicted molar refractivity (Wildman–Crippen MR) is 139 cm³/mol. The number of halogens is 1. The average molecular weight is 512 g/mol.